The second-order valence-corrected chi connectivity index (χ2v) is 8.81. The summed E-state index contributed by atoms with van der Waals surface area (Å²) in [7, 11) is 0. The second kappa shape index (κ2) is 7.85. The molecule has 2 saturated carbocycles. The molecule has 0 unspecified atom stereocenters. The van der Waals surface area contributed by atoms with Crippen molar-refractivity contribution in [1.29, 1.82) is 0 Å². The third-order valence-electron chi connectivity index (χ3n) is 5.58. The molecule has 3 N–H and O–H groups in total. The molecule has 2 rings (SSSR count). The summed E-state index contributed by atoms with van der Waals surface area (Å²) in [6, 6.07) is 0. The molecule has 0 aromatic carbocycles. The van der Waals surface area contributed by atoms with Crippen LogP contribution in [0.4, 0.5) is 0 Å². The Morgan fingerprint density at radius 2 is 1.71 bits per heavy atom. The van der Waals surface area contributed by atoms with E-state index in [-0.39, 0.29) is 23.1 Å². The molecule has 2 fully saturated rings. The van der Waals surface area contributed by atoms with Crippen molar-refractivity contribution >= 4 is 11.8 Å². The standard InChI is InChI=1S/C19H34N2O3/c1-18(2,3)15-8-10-19(24,11-9-15)13-21-16(22)5-4-12-20-17(23)14-6-7-14/h14-15,24H,4-13H2,1-3H3,(H,20,23)(H,21,22). The number of carbonyl (C=O) groups excluding carboxylic acids is 2. The number of hydrogen-bond acceptors (Lipinski definition) is 3. The molecule has 5 heteroatoms. The molecular formula is C19H34N2O3. The van der Waals surface area contributed by atoms with Gasteiger partial charge in [0.15, 0.2) is 0 Å². The molecule has 0 heterocycles. The lowest BCUT2D eigenvalue weighted by molar-refractivity contribution is -0.124. The molecule has 2 amide bonds. The largest absolute Gasteiger partial charge is 0.388 e. The van der Waals surface area contributed by atoms with Crippen LogP contribution in [0.1, 0.15) is 72.1 Å². The third-order valence-corrected chi connectivity index (χ3v) is 5.58. The lowest BCUT2D eigenvalue weighted by Gasteiger charge is -2.41. The fourth-order valence-electron chi connectivity index (χ4n) is 3.50. The maximum absolute atomic E-state index is 11.9. The van der Waals surface area contributed by atoms with Gasteiger partial charge in [-0.2, -0.15) is 0 Å². The average molecular weight is 338 g/mol. The topological polar surface area (TPSA) is 78.4 Å². The van der Waals surface area contributed by atoms with Crippen LogP contribution in [0.2, 0.25) is 0 Å². The van der Waals surface area contributed by atoms with E-state index in [0.29, 0.717) is 31.8 Å². The quantitative estimate of drug-likeness (QED) is 0.624. The molecule has 0 aromatic rings. The molecule has 0 atom stereocenters. The third kappa shape index (κ3) is 6.08. The summed E-state index contributed by atoms with van der Waals surface area (Å²) in [6.45, 7) is 7.67. The molecule has 24 heavy (non-hydrogen) atoms. The lowest BCUT2D eigenvalue weighted by Crippen LogP contribution is -2.46. The van der Waals surface area contributed by atoms with Gasteiger partial charge in [-0.1, -0.05) is 20.8 Å². The van der Waals surface area contributed by atoms with Crippen molar-refractivity contribution in [2.75, 3.05) is 13.1 Å². The van der Waals surface area contributed by atoms with Gasteiger partial charge in [0.05, 0.1) is 5.60 Å². The monoisotopic (exact) mass is 338 g/mol. The van der Waals surface area contributed by atoms with Crippen molar-refractivity contribution in [1.82, 2.24) is 10.6 Å². The van der Waals surface area contributed by atoms with E-state index in [1.165, 1.54) is 0 Å². The number of carbonyl (C=O) groups is 2. The van der Waals surface area contributed by atoms with E-state index in [1.807, 2.05) is 0 Å². The van der Waals surface area contributed by atoms with Crippen molar-refractivity contribution in [2.45, 2.75) is 77.7 Å². The first kappa shape index (κ1) is 19.2. The molecule has 0 radical (unpaired) electrons. The van der Waals surface area contributed by atoms with Gasteiger partial charge in [-0.3, -0.25) is 9.59 Å². The smallest absolute Gasteiger partial charge is 0.223 e. The van der Waals surface area contributed by atoms with E-state index < -0.39 is 5.60 Å². The van der Waals surface area contributed by atoms with Crippen LogP contribution in [-0.2, 0) is 9.59 Å². The average Bonchev–Trinajstić information content (AvgIpc) is 3.34. The fraction of sp³-hybridized carbons (Fsp3) is 0.895. The Morgan fingerprint density at radius 3 is 2.25 bits per heavy atom. The molecule has 138 valence electrons. The summed E-state index contributed by atoms with van der Waals surface area (Å²) in [5.74, 6) is 0.947. The van der Waals surface area contributed by atoms with Gasteiger partial charge < -0.3 is 15.7 Å². The minimum Gasteiger partial charge on any atom is -0.388 e. The van der Waals surface area contributed by atoms with Crippen molar-refractivity contribution in [2.24, 2.45) is 17.3 Å². The Bertz CT molecular complexity index is 444. The molecular weight excluding hydrogens is 304 g/mol. The number of rotatable bonds is 7. The van der Waals surface area contributed by atoms with Gasteiger partial charge in [0, 0.05) is 25.4 Å². The Kier molecular flexibility index (Phi) is 6.29. The molecule has 0 aliphatic heterocycles. The highest BCUT2D eigenvalue weighted by Gasteiger charge is 2.37. The summed E-state index contributed by atoms with van der Waals surface area (Å²) in [6.07, 6.45) is 6.59. The van der Waals surface area contributed by atoms with Gasteiger partial charge in [-0.25, -0.2) is 0 Å². The zero-order chi connectivity index (χ0) is 17.8. The molecule has 0 aromatic heterocycles. The van der Waals surface area contributed by atoms with Gasteiger partial charge in [0.25, 0.3) is 0 Å². The van der Waals surface area contributed by atoms with E-state index in [2.05, 4.69) is 31.4 Å². The second-order valence-electron chi connectivity index (χ2n) is 8.81. The van der Waals surface area contributed by atoms with Crippen LogP contribution in [0.3, 0.4) is 0 Å². The molecule has 2 aliphatic carbocycles. The summed E-state index contributed by atoms with van der Waals surface area (Å²) in [4.78, 5) is 23.4. The highest BCUT2D eigenvalue weighted by molar-refractivity contribution is 5.81. The predicted octanol–water partition coefficient (Wildman–Crippen LogP) is 2.38. The number of amides is 2. The van der Waals surface area contributed by atoms with Crippen LogP contribution < -0.4 is 10.6 Å². The number of aliphatic hydroxyl groups is 1. The highest BCUT2D eigenvalue weighted by atomic mass is 16.3. The Hall–Kier alpha value is -1.10. The minimum absolute atomic E-state index is 0.0398. The van der Waals surface area contributed by atoms with Crippen molar-refractivity contribution in [3.63, 3.8) is 0 Å². The van der Waals surface area contributed by atoms with E-state index in [0.717, 1.165) is 38.5 Å². The van der Waals surface area contributed by atoms with Crippen LogP contribution >= 0.6 is 0 Å². The molecule has 0 saturated heterocycles. The van der Waals surface area contributed by atoms with E-state index >= 15 is 0 Å². The summed E-state index contributed by atoms with van der Waals surface area (Å²) >= 11 is 0. The van der Waals surface area contributed by atoms with Crippen molar-refractivity contribution in [3.05, 3.63) is 0 Å². The van der Waals surface area contributed by atoms with Gasteiger partial charge in [-0.05, 0) is 56.3 Å². The van der Waals surface area contributed by atoms with E-state index in [9.17, 15) is 14.7 Å². The Labute approximate surface area is 146 Å². The van der Waals surface area contributed by atoms with Crippen LogP contribution in [0.5, 0.6) is 0 Å². The zero-order valence-electron chi connectivity index (χ0n) is 15.5. The molecule has 5 nitrogen and oxygen atoms in total. The van der Waals surface area contributed by atoms with Crippen LogP contribution in [0.25, 0.3) is 0 Å². The first-order valence-electron chi connectivity index (χ1n) is 9.46. The molecule has 0 spiro atoms. The first-order valence-corrected chi connectivity index (χ1v) is 9.46. The zero-order valence-corrected chi connectivity index (χ0v) is 15.5. The summed E-state index contributed by atoms with van der Waals surface area (Å²) in [5, 5.41) is 16.4. The van der Waals surface area contributed by atoms with Gasteiger partial charge in [0.2, 0.25) is 11.8 Å². The maximum atomic E-state index is 11.9. The van der Waals surface area contributed by atoms with Crippen molar-refractivity contribution < 1.29 is 14.7 Å². The minimum atomic E-state index is -0.752. The van der Waals surface area contributed by atoms with E-state index in [4.69, 9.17) is 0 Å². The van der Waals surface area contributed by atoms with E-state index in [1.54, 1.807) is 0 Å². The molecule has 0 bridgehead atoms. The lowest BCUT2D eigenvalue weighted by atomic mass is 9.68. The maximum Gasteiger partial charge on any atom is 0.223 e. The predicted molar refractivity (Wildman–Crippen MR) is 94.3 cm³/mol. The van der Waals surface area contributed by atoms with Gasteiger partial charge >= 0.3 is 0 Å². The molecule has 2 aliphatic rings. The SMILES string of the molecule is CC(C)(C)C1CCC(O)(CNC(=O)CCCNC(=O)C2CC2)CC1. The van der Waals surface area contributed by atoms with Crippen LogP contribution in [0, 0.1) is 17.3 Å². The Balaban J connectivity index is 1.58. The van der Waals surface area contributed by atoms with Crippen LogP contribution in [-0.4, -0.2) is 35.6 Å². The normalized spacial score (nSPS) is 27.6. The number of nitrogens with one attached hydrogen (secondary N) is 2. The highest BCUT2D eigenvalue weighted by Crippen LogP contribution is 2.41. The number of hydrogen-bond donors (Lipinski definition) is 3. The van der Waals surface area contributed by atoms with Gasteiger partial charge in [0.1, 0.15) is 0 Å². The fourth-order valence-corrected chi connectivity index (χ4v) is 3.50. The van der Waals surface area contributed by atoms with Crippen LogP contribution in [0.15, 0.2) is 0 Å². The first-order chi connectivity index (χ1) is 11.2. The summed E-state index contributed by atoms with van der Waals surface area (Å²) < 4.78 is 0. The Morgan fingerprint density at radius 1 is 1.08 bits per heavy atom. The summed E-state index contributed by atoms with van der Waals surface area (Å²) in [5.41, 5.74) is -0.465. The van der Waals surface area contributed by atoms with Crippen molar-refractivity contribution in [3.8, 4) is 0 Å². The van der Waals surface area contributed by atoms with Gasteiger partial charge in [-0.15, -0.1) is 0 Å².